The number of rotatable bonds is 6. The number of hydrogen-bond acceptors (Lipinski definition) is 3. The maximum absolute atomic E-state index is 8.82. The maximum Gasteiger partial charge on any atom is 0.0729 e. The summed E-state index contributed by atoms with van der Waals surface area (Å²) in [5.74, 6) is 0. The Morgan fingerprint density at radius 3 is 2.89 bits per heavy atom. The zero-order chi connectivity index (χ0) is 13.5. The molecule has 0 radical (unpaired) electrons. The van der Waals surface area contributed by atoms with Gasteiger partial charge >= 0.3 is 0 Å². The van der Waals surface area contributed by atoms with Crippen LogP contribution in [0.2, 0.25) is 0 Å². The Bertz CT molecular complexity index is 531. The third-order valence-electron chi connectivity index (χ3n) is 2.75. The predicted octanol–water partition coefficient (Wildman–Crippen LogP) is 2.39. The van der Waals surface area contributed by atoms with Gasteiger partial charge in [-0.2, -0.15) is 5.10 Å². The number of benzene rings is 1. The Kier molecular flexibility index (Phi) is 4.75. The Balaban J connectivity index is 1.89. The lowest BCUT2D eigenvalue weighted by Gasteiger charge is -2.04. The van der Waals surface area contributed by atoms with E-state index in [9.17, 15) is 0 Å². The summed E-state index contributed by atoms with van der Waals surface area (Å²) >= 11 is 0. The highest BCUT2D eigenvalue weighted by atomic mass is 16.3. The fourth-order valence-electron chi connectivity index (χ4n) is 1.81. The number of aliphatic hydroxyl groups is 1. The van der Waals surface area contributed by atoms with Gasteiger partial charge < -0.3 is 10.4 Å². The quantitative estimate of drug-likeness (QED) is 0.835. The number of nitrogens with zero attached hydrogens (tertiary/aromatic N) is 2. The average Bonchev–Trinajstić information content (AvgIpc) is 2.86. The molecule has 0 bridgehead atoms. The third-order valence-corrected chi connectivity index (χ3v) is 2.75. The number of aliphatic hydroxyl groups excluding tert-OH is 1. The van der Waals surface area contributed by atoms with Gasteiger partial charge in [0.15, 0.2) is 0 Å². The Morgan fingerprint density at radius 2 is 2.16 bits per heavy atom. The number of hydrogen-bond donors (Lipinski definition) is 2. The summed E-state index contributed by atoms with van der Waals surface area (Å²) in [6, 6.07) is 10.3. The first kappa shape index (κ1) is 13.4. The fourth-order valence-corrected chi connectivity index (χ4v) is 1.81. The van der Waals surface area contributed by atoms with Crippen molar-refractivity contribution in [3.63, 3.8) is 0 Å². The topological polar surface area (TPSA) is 50.1 Å². The van der Waals surface area contributed by atoms with Gasteiger partial charge in [-0.05, 0) is 12.5 Å². The van der Waals surface area contributed by atoms with Crippen LogP contribution in [0.4, 0.5) is 5.69 Å². The van der Waals surface area contributed by atoms with E-state index in [0.717, 1.165) is 12.2 Å². The van der Waals surface area contributed by atoms with Gasteiger partial charge in [0.2, 0.25) is 0 Å². The highest BCUT2D eigenvalue weighted by Crippen LogP contribution is 2.09. The number of nitrogens with one attached hydrogen (secondary N) is 1. The Labute approximate surface area is 113 Å². The van der Waals surface area contributed by atoms with E-state index in [2.05, 4.69) is 35.5 Å². The van der Waals surface area contributed by atoms with Crippen LogP contribution in [0.3, 0.4) is 0 Å². The molecule has 100 valence electrons. The summed E-state index contributed by atoms with van der Waals surface area (Å²) in [4.78, 5) is 0. The maximum atomic E-state index is 8.82. The van der Waals surface area contributed by atoms with Gasteiger partial charge in [-0.1, -0.05) is 42.0 Å². The minimum absolute atomic E-state index is 0.105. The van der Waals surface area contributed by atoms with Gasteiger partial charge in [0, 0.05) is 12.7 Å². The zero-order valence-corrected chi connectivity index (χ0v) is 11.1. The van der Waals surface area contributed by atoms with Crippen LogP contribution < -0.4 is 5.32 Å². The molecule has 0 aliphatic rings. The highest BCUT2D eigenvalue weighted by molar-refractivity contribution is 5.53. The molecular weight excluding hydrogens is 238 g/mol. The molecule has 0 saturated carbocycles. The molecule has 0 spiro atoms. The summed E-state index contributed by atoms with van der Waals surface area (Å²) in [5, 5.41) is 16.3. The molecule has 19 heavy (non-hydrogen) atoms. The molecule has 4 nitrogen and oxygen atoms in total. The molecule has 1 aromatic carbocycles. The van der Waals surface area contributed by atoms with E-state index in [-0.39, 0.29) is 6.61 Å². The van der Waals surface area contributed by atoms with Crippen LogP contribution in [-0.2, 0) is 6.54 Å². The van der Waals surface area contributed by atoms with E-state index < -0.39 is 0 Å². The van der Waals surface area contributed by atoms with Crippen molar-refractivity contribution < 1.29 is 5.11 Å². The van der Waals surface area contributed by atoms with Crippen LogP contribution in [0.5, 0.6) is 0 Å². The molecule has 2 N–H and O–H groups in total. The molecule has 1 heterocycles. The van der Waals surface area contributed by atoms with Crippen LogP contribution in [0.15, 0.2) is 48.3 Å². The molecule has 0 fully saturated rings. The van der Waals surface area contributed by atoms with Crippen molar-refractivity contribution in [2.45, 2.75) is 13.5 Å². The predicted molar refractivity (Wildman–Crippen MR) is 77.9 cm³/mol. The normalized spacial score (nSPS) is 11.6. The van der Waals surface area contributed by atoms with Crippen LogP contribution in [0, 0.1) is 0 Å². The van der Waals surface area contributed by atoms with Crippen molar-refractivity contribution in [1.29, 1.82) is 0 Å². The van der Waals surface area contributed by atoms with E-state index in [1.807, 2.05) is 24.4 Å². The smallest absolute Gasteiger partial charge is 0.0729 e. The molecule has 0 aliphatic carbocycles. The summed E-state index contributed by atoms with van der Waals surface area (Å²) < 4.78 is 1.72. The van der Waals surface area contributed by atoms with Crippen molar-refractivity contribution in [3.05, 3.63) is 53.9 Å². The second kappa shape index (κ2) is 6.75. The van der Waals surface area contributed by atoms with Gasteiger partial charge in [0.25, 0.3) is 0 Å². The van der Waals surface area contributed by atoms with Gasteiger partial charge in [0.05, 0.1) is 25.0 Å². The van der Waals surface area contributed by atoms with Crippen molar-refractivity contribution in [1.82, 2.24) is 9.78 Å². The largest absolute Gasteiger partial charge is 0.394 e. The van der Waals surface area contributed by atoms with Gasteiger partial charge in [-0.25, -0.2) is 0 Å². The van der Waals surface area contributed by atoms with E-state index in [1.54, 1.807) is 10.9 Å². The first-order chi connectivity index (χ1) is 9.28. The van der Waals surface area contributed by atoms with Crippen molar-refractivity contribution in [2.24, 2.45) is 0 Å². The van der Waals surface area contributed by atoms with Crippen LogP contribution in [0.1, 0.15) is 12.5 Å². The van der Waals surface area contributed by atoms with Crippen molar-refractivity contribution >= 4 is 11.8 Å². The molecule has 0 atom stereocenters. The first-order valence-corrected chi connectivity index (χ1v) is 6.37. The standard InChI is InChI=1S/C15H19N3O/c1-13(9-14-5-3-2-4-6-14)10-16-15-11-17-18(12-15)7-8-19/h2-6,9,11-12,16,19H,7-8,10H2,1H3/b13-9-. The molecule has 0 saturated heterocycles. The molecule has 1 aromatic heterocycles. The molecular formula is C15H19N3O. The van der Waals surface area contributed by atoms with Gasteiger partial charge in [-0.3, -0.25) is 4.68 Å². The number of aromatic nitrogens is 2. The zero-order valence-electron chi connectivity index (χ0n) is 11.1. The molecule has 2 rings (SSSR count). The highest BCUT2D eigenvalue weighted by Gasteiger charge is 1.98. The third kappa shape index (κ3) is 4.26. The molecule has 0 amide bonds. The second-order valence-corrected chi connectivity index (χ2v) is 4.47. The van der Waals surface area contributed by atoms with E-state index in [0.29, 0.717) is 6.54 Å². The first-order valence-electron chi connectivity index (χ1n) is 6.37. The minimum atomic E-state index is 0.105. The van der Waals surface area contributed by atoms with Gasteiger partial charge in [0.1, 0.15) is 0 Å². The van der Waals surface area contributed by atoms with Crippen LogP contribution >= 0.6 is 0 Å². The van der Waals surface area contributed by atoms with Crippen molar-refractivity contribution in [2.75, 3.05) is 18.5 Å². The summed E-state index contributed by atoms with van der Waals surface area (Å²) in [7, 11) is 0. The SMILES string of the molecule is C/C(=C/c1ccccc1)CNc1cnn(CCO)c1. The van der Waals surface area contributed by atoms with Crippen LogP contribution in [0.25, 0.3) is 6.08 Å². The molecule has 2 aromatic rings. The summed E-state index contributed by atoms with van der Waals surface area (Å²) in [6.45, 7) is 3.51. The molecule has 0 unspecified atom stereocenters. The Hall–Kier alpha value is -2.07. The van der Waals surface area contributed by atoms with Crippen LogP contribution in [-0.4, -0.2) is 28.0 Å². The lowest BCUT2D eigenvalue weighted by molar-refractivity contribution is 0.269. The van der Waals surface area contributed by atoms with E-state index in [4.69, 9.17) is 5.11 Å². The summed E-state index contributed by atoms with van der Waals surface area (Å²) in [5.41, 5.74) is 3.42. The van der Waals surface area contributed by atoms with E-state index >= 15 is 0 Å². The number of anilines is 1. The minimum Gasteiger partial charge on any atom is -0.394 e. The van der Waals surface area contributed by atoms with Gasteiger partial charge in [-0.15, -0.1) is 0 Å². The monoisotopic (exact) mass is 257 g/mol. The Morgan fingerprint density at radius 1 is 1.37 bits per heavy atom. The molecule has 4 heteroatoms. The fraction of sp³-hybridized carbons (Fsp3) is 0.267. The summed E-state index contributed by atoms with van der Waals surface area (Å²) in [6.07, 6.45) is 5.82. The lowest BCUT2D eigenvalue weighted by atomic mass is 10.1. The average molecular weight is 257 g/mol. The molecule has 0 aliphatic heterocycles. The van der Waals surface area contributed by atoms with Crippen molar-refractivity contribution in [3.8, 4) is 0 Å². The lowest BCUT2D eigenvalue weighted by Crippen LogP contribution is -2.03. The van der Waals surface area contributed by atoms with E-state index in [1.165, 1.54) is 11.1 Å². The second-order valence-electron chi connectivity index (χ2n) is 4.47.